The van der Waals surface area contributed by atoms with E-state index < -0.39 is 0 Å². The van der Waals surface area contributed by atoms with Gasteiger partial charge in [-0.05, 0) is 0 Å². The normalized spacial score (nSPS) is 7.30. The Morgan fingerprint density at radius 3 is 2.00 bits per heavy atom. The van der Waals surface area contributed by atoms with E-state index in [0.717, 1.165) is 10.0 Å². The Balaban J connectivity index is 0. The van der Waals surface area contributed by atoms with Gasteiger partial charge in [0.1, 0.15) is 0 Å². The second-order valence-electron chi connectivity index (χ2n) is 1.59. The molecule has 3 heteroatoms. The Hall–Kier alpha value is 0.673. The standard InChI is InChI=1S/C7H6Br.BrH.Zn/c1-6-4-2-3-5-7(6)8;;/h2-5H,1H2;1H;/q-1;;+2/p-1. The van der Waals surface area contributed by atoms with E-state index in [0.29, 0.717) is 0 Å². The zero-order valence-corrected chi connectivity index (χ0v) is 11.6. The fourth-order valence-electron chi connectivity index (χ4n) is 0.498. The van der Waals surface area contributed by atoms with Crippen molar-refractivity contribution >= 4 is 15.9 Å². The van der Waals surface area contributed by atoms with Gasteiger partial charge in [0.2, 0.25) is 0 Å². The van der Waals surface area contributed by atoms with Gasteiger partial charge in [0, 0.05) is 0 Å². The summed E-state index contributed by atoms with van der Waals surface area (Å²) < 4.78 is 1.07. The Labute approximate surface area is 93.1 Å². The second-order valence-corrected chi connectivity index (χ2v) is 2.45. The van der Waals surface area contributed by atoms with Crippen LogP contribution < -0.4 is 17.0 Å². The van der Waals surface area contributed by atoms with Crippen molar-refractivity contribution in [2.45, 2.75) is 0 Å². The molecule has 1 aromatic carbocycles. The molecule has 0 bridgehead atoms. The van der Waals surface area contributed by atoms with Crippen LogP contribution in [0.15, 0.2) is 28.7 Å². The number of benzene rings is 1. The maximum Gasteiger partial charge on any atom is 2.00 e. The molecule has 0 unspecified atom stereocenters. The first kappa shape index (κ1) is 13.3. The van der Waals surface area contributed by atoms with E-state index in [9.17, 15) is 0 Å². The van der Waals surface area contributed by atoms with Crippen molar-refractivity contribution < 1.29 is 36.5 Å². The fraction of sp³-hybridized carbons (Fsp3) is 0. The minimum atomic E-state index is 0. The SMILES string of the molecule is [Br-].[CH2-]c1ccccc1Br.[Zn+2]. The maximum absolute atomic E-state index is 3.77. The van der Waals surface area contributed by atoms with E-state index in [-0.39, 0.29) is 36.5 Å². The van der Waals surface area contributed by atoms with Crippen molar-refractivity contribution in [3.8, 4) is 0 Å². The summed E-state index contributed by atoms with van der Waals surface area (Å²) in [5, 5.41) is 0. The van der Waals surface area contributed by atoms with Gasteiger partial charge in [-0.25, -0.2) is 0 Å². The first-order chi connectivity index (χ1) is 3.80. The van der Waals surface area contributed by atoms with Gasteiger partial charge < -0.3 is 17.0 Å². The molecule has 10 heavy (non-hydrogen) atoms. The van der Waals surface area contributed by atoms with E-state index in [1.807, 2.05) is 24.3 Å². The molecule has 1 aromatic rings. The van der Waals surface area contributed by atoms with E-state index in [1.165, 1.54) is 0 Å². The predicted molar refractivity (Wildman–Crippen MR) is 38.6 cm³/mol. The smallest absolute Gasteiger partial charge is 1.00 e. The molecule has 50 valence electrons. The van der Waals surface area contributed by atoms with Gasteiger partial charge in [0.25, 0.3) is 0 Å². The topological polar surface area (TPSA) is 0 Å². The third-order valence-corrected chi connectivity index (χ3v) is 1.73. The van der Waals surface area contributed by atoms with Crippen LogP contribution in [-0.4, -0.2) is 0 Å². The summed E-state index contributed by atoms with van der Waals surface area (Å²) in [5.74, 6) is 0. The molecule has 0 saturated heterocycles. The average Bonchev–Trinajstić information content (AvgIpc) is 1.77. The number of hydrogen-bond acceptors (Lipinski definition) is 0. The summed E-state index contributed by atoms with van der Waals surface area (Å²) in [7, 11) is 0. The van der Waals surface area contributed by atoms with E-state index in [1.54, 1.807) is 0 Å². The van der Waals surface area contributed by atoms with Crippen LogP contribution in [0.1, 0.15) is 5.56 Å². The van der Waals surface area contributed by atoms with Crippen LogP contribution in [0, 0.1) is 6.92 Å². The summed E-state index contributed by atoms with van der Waals surface area (Å²) in [6, 6.07) is 7.87. The number of halogens is 2. The van der Waals surface area contributed by atoms with Gasteiger partial charge >= 0.3 is 19.5 Å². The Bertz CT molecular complexity index is 168. The molecule has 0 aliphatic rings. The van der Waals surface area contributed by atoms with Gasteiger partial charge in [-0.1, -0.05) is 10.5 Å². The molecule has 0 aromatic heterocycles. The molecular formula is C7H6Br2Zn. The fourth-order valence-corrected chi connectivity index (χ4v) is 0.783. The average molecular weight is 315 g/mol. The first-order valence-corrected chi connectivity index (χ1v) is 3.16. The Kier molecular flexibility index (Phi) is 8.48. The van der Waals surface area contributed by atoms with Crippen LogP contribution >= 0.6 is 15.9 Å². The summed E-state index contributed by atoms with van der Waals surface area (Å²) in [5.41, 5.74) is 1.03. The van der Waals surface area contributed by atoms with Crippen LogP contribution in [0.5, 0.6) is 0 Å². The minimum absolute atomic E-state index is 0. The van der Waals surface area contributed by atoms with Crippen LogP contribution in [0.25, 0.3) is 0 Å². The number of hydrogen-bond donors (Lipinski definition) is 0. The van der Waals surface area contributed by atoms with Gasteiger partial charge in [0.15, 0.2) is 0 Å². The molecule has 0 amide bonds. The molecule has 0 aliphatic heterocycles. The van der Waals surface area contributed by atoms with Crippen molar-refractivity contribution in [3.05, 3.63) is 41.2 Å². The first-order valence-electron chi connectivity index (χ1n) is 2.37. The molecule has 0 aliphatic carbocycles. The largest absolute Gasteiger partial charge is 2.00 e. The zero-order valence-electron chi connectivity index (χ0n) is 5.48. The van der Waals surface area contributed by atoms with Crippen molar-refractivity contribution in [1.82, 2.24) is 0 Å². The van der Waals surface area contributed by atoms with Crippen LogP contribution in [0.4, 0.5) is 0 Å². The van der Waals surface area contributed by atoms with E-state index >= 15 is 0 Å². The molecule has 0 spiro atoms. The molecular weight excluding hydrogens is 309 g/mol. The van der Waals surface area contributed by atoms with Gasteiger partial charge in [-0.15, -0.1) is 28.1 Å². The summed E-state index contributed by atoms with van der Waals surface area (Å²) >= 11 is 3.33. The molecule has 0 saturated carbocycles. The molecule has 1 rings (SSSR count). The third-order valence-electron chi connectivity index (χ3n) is 0.958. The number of rotatable bonds is 0. The van der Waals surface area contributed by atoms with Gasteiger partial charge in [0.05, 0.1) is 0 Å². The van der Waals surface area contributed by atoms with Crippen molar-refractivity contribution in [3.63, 3.8) is 0 Å². The molecule has 0 N–H and O–H groups in total. The minimum Gasteiger partial charge on any atom is -1.00 e. The summed E-state index contributed by atoms with van der Waals surface area (Å²) in [6.45, 7) is 3.77. The van der Waals surface area contributed by atoms with Gasteiger partial charge in [-0.2, -0.15) is 18.6 Å². The Morgan fingerprint density at radius 1 is 1.20 bits per heavy atom. The van der Waals surface area contributed by atoms with Crippen molar-refractivity contribution in [1.29, 1.82) is 0 Å². The zero-order chi connectivity index (χ0) is 5.98. The third kappa shape index (κ3) is 3.75. The van der Waals surface area contributed by atoms with Crippen LogP contribution in [-0.2, 0) is 19.5 Å². The van der Waals surface area contributed by atoms with E-state index in [2.05, 4.69) is 22.9 Å². The molecule has 0 fully saturated rings. The maximum atomic E-state index is 3.77. The van der Waals surface area contributed by atoms with E-state index in [4.69, 9.17) is 0 Å². The monoisotopic (exact) mass is 312 g/mol. The van der Waals surface area contributed by atoms with Crippen LogP contribution in [0.3, 0.4) is 0 Å². The Morgan fingerprint density at radius 2 is 1.70 bits per heavy atom. The summed E-state index contributed by atoms with van der Waals surface area (Å²) in [6.07, 6.45) is 0. The summed E-state index contributed by atoms with van der Waals surface area (Å²) in [4.78, 5) is 0. The van der Waals surface area contributed by atoms with Crippen molar-refractivity contribution in [2.75, 3.05) is 0 Å². The molecule has 0 radical (unpaired) electrons. The predicted octanol–water partition coefficient (Wildman–Crippen LogP) is -0.367. The van der Waals surface area contributed by atoms with Gasteiger partial charge in [-0.3, -0.25) is 0 Å². The molecule has 0 atom stereocenters. The van der Waals surface area contributed by atoms with Crippen LogP contribution in [0.2, 0.25) is 0 Å². The quantitative estimate of drug-likeness (QED) is 0.453. The molecule has 0 heterocycles. The second kappa shape index (κ2) is 6.39. The molecule has 0 nitrogen and oxygen atoms in total. The van der Waals surface area contributed by atoms with Crippen molar-refractivity contribution in [2.24, 2.45) is 0 Å².